The van der Waals surface area contributed by atoms with Gasteiger partial charge in [-0.3, -0.25) is 4.98 Å². The lowest BCUT2D eigenvalue weighted by molar-refractivity contribution is -0.137. The van der Waals surface area contributed by atoms with Crippen LogP contribution in [0.25, 0.3) is 21.2 Å². The van der Waals surface area contributed by atoms with Gasteiger partial charge in [-0.15, -0.1) is 0 Å². The molecule has 4 aromatic rings. The highest BCUT2D eigenvalue weighted by Gasteiger charge is 2.29. The average Bonchev–Trinajstić information content (AvgIpc) is 3.26. The van der Waals surface area contributed by atoms with Crippen molar-refractivity contribution in [3.8, 4) is 10.4 Å². The van der Waals surface area contributed by atoms with E-state index < -0.39 is 11.7 Å². The number of nitrogens with one attached hydrogen (secondary N) is 1. The number of benzene rings is 2. The Morgan fingerprint density at radius 3 is 2.41 bits per heavy atom. The van der Waals surface area contributed by atoms with E-state index in [0.717, 1.165) is 50.5 Å². The highest BCUT2D eigenvalue weighted by molar-refractivity contribution is 7.18. The van der Waals surface area contributed by atoms with Crippen molar-refractivity contribution >= 4 is 27.2 Å². The predicted octanol–water partition coefficient (Wildman–Crippen LogP) is 7.84. The van der Waals surface area contributed by atoms with Crippen molar-refractivity contribution in [1.82, 2.24) is 9.97 Å². The molecule has 32 heavy (non-hydrogen) atoms. The van der Waals surface area contributed by atoms with Gasteiger partial charge in [-0.05, 0) is 53.6 Å². The average molecular weight is 458 g/mol. The van der Waals surface area contributed by atoms with E-state index in [9.17, 15) is 13.2 Å². The Hall–Kier alpha value is -2.93. The first kappa shape index (κ1) is 23.7. The normalized spacial score (nSPS) is 11.2. The molecule has 0 saturated carbocycles. The zero-order chi connectivity index (χ0) is 23.0. The molecule has 0 amide bonds. The van der Waals surface area contributed by atoms with E-state index in [4.69, 9.17) is 0 Å². The Balaban J connectivity index is 0.000000913. The van der Waals surface area contributed by atoms with Gasteiger partial charge in [0.15, 0.2) is 5.13 Å². The van der Waals surface area contributed by atoms with Crippen molar-refractivity contribution in [1.29, 1.82) is 0 Å². The van der Waals surface area contributed by atoms with E-state index in [1.165, 1.54) is 6.42 Å². The molecule has 0 spiro atoms. The fourth-order valence-corrected chi connectivity index (χ4v) is 3.91. The van der Waals surface area contributed by atoms with Crippen LogP contribution in [0.4, 0.5) is 18.3 Å². The van der Waals surface area contributed by atoms with Crippen LogP contribution >= 0.6 is 11.3 Å². The minimum absolute atomic E-state index is 0.611. The highest BCUT2D eigenvalue weighted by atomic mass is 32.1. The Labute approximate surface area is 190 Å². The molecular weight excluding hydrogens is 431 g/mol. The maximum atomic E-state index is 12.6. The van der Waals surface area contributed by atoms with E-state index in [1.807, 2.05) is 18.5 Å². The molecule has 2 aromatic carbocycles. The number of nitrogens with zero attached hydrogens (tertiary/aromatic N) is 2. The molecule has 0 unspecified atom stereocenters. The SMILES string of the molecule is CCC.FC(F)(F)c1ccc(CCCNc2ncc(-c3ccc4cnccc4c3)s2)cc1. The van der Waals surface area contributed by atoms with Gasteiger partial charge in [-0.1, -0.05) is 55.9 Å². The molecule has 0 aliphatic heterocycles. The summed E-state index contributed by atoms with van der Waals surface area (Å²) in [6.45, 7) is 4.96. The maximum absolute atomic E-state index is 12.6. The lowest BCUT2D eigenvalue weighted by Gasteiger charge is -2.07. The Morgan fingerprint density at radius 1 is 0.938 bits per heavy atom. The van der Waals surface area contributed by atoms with Gasteiger partial charge in [-0.25, -0.2) is 4.98 Å². The molecule has 0 atom stereocenters. The molecule has 3 nitrogen and oxygen atoms in total. The molecular formula is C25H26F3N3S. The Bertz CT molecular complexity index is 1120. The minimum Gasteiger partial charge on any atom is -0.361 e. The first-order valence-electron chi connectivity index (χ1n) is 10.6. The van der Waals surface area contributed by atoms with Gasteiger partial charge in [0.25, 0.3) is 0 Å². The number of anilines is 1. The van der Waals surface area contributed by atoms with Crippen LogP contribution in [0.15, 0.2) is 67.1 Å². The largest absolute Gasteiger partial charge is 0.416 e. The van der Waals surface area contributed by atoms with E-state index in [1.54, 1.807) is 29.7 Å². The molecule has 4 rings (SSSR count). The van der Waals surface area contributed by atoms with Gasteiger partial charge in [0.2, 0.25) is 0 Å². The summed E-state index contributed by atoms with van der Waals surface area (Å²) >= 11 is 1.58. The third-order valence-corrected chi connectivity index (χ3v) is 5.63. The van der Waals surface area contributed by atoms with Crippen molar-refractivity contribution in [2.75, 3.05) is 11.9 Å². The number of hydrogen-bond donors (Lipinski definition) is 1. The molecule has 0 aliphatic carbocycles. The predicted molar refractivity (Wildman–Crippen MR) is 127 cm³/mol. The second-order valence-electron chi connectivity index (χ2n) is 7.40. The van der Waals surface area contributed by atoms with Gasteiger partial charge in [0.05, 0.1) is 10.4 Å². The summed E-state index contributed by atoms with van der Waals surface area (Å²) in [6, 6.07) is 13.6. The van der Waals surface area contributed by atoms with E-state index in [0.29, 0.717) is 13.0 Å². The van der Waals surface area contributed by atoms with Gasteiger partial charge < -0.3 is 5.32 Å². The van der Waals surface area contributed by atoms with Crippen LogP contribution in [0.5, 0.6) is 0 Å². The molecule has 0 saturated heterocycles. The van der Waals surface area contributed by atoms with Gasteiger partial charge >= 0.3 is 6.18 Å². The van der Waals surface area contributed by atoms with Crippen molar-refractivity contribution in [3.63, 3.8) is 0 Å². The summed E-state index contributed by atoms with van der Waals surface area (Å²) in [5.41, 5.74) is 1.39. The fourth-order valence-electron chi connectivity index (χ4n) is 3.07. The van der Waals surface area contributed by atoms with Crippen molar-refractivity contribution in [2.24, 2.45) is 0 Å². The number of aromatic nitrogens is 2. The zero-order valence-electron chi connectivity index (χ0n) is 18.1. The highest BCUT2D eigenvalue weighted by Crippen LogP contribution is 2.31. The number of thiazole rings is 1. The van der Waals surface area contributed by atoms with Crippen molar-refractivity contribution in [2.45, 2.75) is 39.3 Å². The Kier molecular flexibility index (Phi) is 8.22. The monoisotopic (exact) mass is 457 g/mol. The van der Waals surface area contributed by atoms with Gasteiger partial charge in [-0.2, -0.15) is 13.2 Å². The number of halogens is 3. The molecule has 2 aromatic heterocycles. The molecule has 0 bridgehead atoms. The smallest absolute Gasteiger partial charge is 0.361 e. The summed E-state index contributed by atoms with van der Waals surface area (Å²) in [7, 11) is 0. The van der Waals surface area contributed by atoms with Crippen LogP contribution in [-0.2, 0) is 12.6 Å². The number of hydrogen-bond acceptors (Lipinski definition) is 4. The van der Waals surface area contributed by atoms with Crippen molar-refractivity contribution < 1.29 is 13.2 Å². The summed E-state index contributed by atoms with van der Waals surface area (Å²) in [5.74, 6) is 0. The first-order valence-corrected chi connectivity index (χ1v) is 11.4. The lowest BCUT2D eigenvalue weighted by atomic mass is 10.1. The van der Waals surface area contributed by atoms with E-state index in [2.05, 4.69) is 47.3 Å². The van der Waals surface area contributed by atoms with Crippen molar-refractivity contribution in [3.05, 3.63) is 78.2 Å². The fraction of sp³-hybridized carbons (Fsp3) is 0.280. The quantitative estimate of drug-likeness (QED) is 0.300. The first-order chi connectivity index (χ1) is 15.4. The minimum atomic E-state index is -4.29. The lowest BCUT2D eigenvalue weighted by Crippen LogP contribution is -2.05. The molecule has 0 aliphatic rings. The van der Waals surface area contributed by atoms with Gasteiger partial charge in [0, 0.05) is 30.5 Å². The zero-order valence-corrected chi connectivity index (χ0v) is 18.9. The molecule has 1 N–H and O–H groups in total. The molecule has 2 heterocycles. The summed E-state index contributed by atoms with van der Waals surface area (Å²) in [6.07, 6.45) is 3.96. The molecule has 7 heteroatoms. The van der Waals surface area contributed by atoms with Crippen LogP contribution in [-0.4, -0.2) is 16.5 Å². The maximum Gasteiger partial charge on any atom is 0.416 e. The van der Waals surface area contributed by atoms with Crippen LogP contribution < -0.4 is 5.32 Å². The summed E-state index contributed by atoms with van der Waals surface area (Å²) in [5, 5.41) is 6.37. The number of pyridine rings is 1. The molecule has 168 valence electrons. The van der Waals surface area contributed by atoms with Crippen LogP contribution in [0.2, 0.25) is 0 Å². The number of alkyl halides is 3. The van der Waals surface area contributed by atoms with Crippen LogP contribution in [0.1, 0.15) is 37.8 Å². The third kappa shape index (κ3) is 6.53. The Morgan fingerprint density at radius 2 is 1.69 bits per heavy atom. The van der Waals surface area contributed by atoms with Crippen LogP contribution in [0.3, 0.4) is 0 Å². The van der Waals surface area contributed by atoms with Crippen LogP contribution in [0, 0.1) is 0 Å². The number of fused-ring (bicyclic) bond motifs is 1. The van der Waals surface area contributed by atoms with E-state index in [-0.39, 0.29) is 0 Å². The summed E-state index contributed by atoms with van der Waals surface area (Å²) < 4.78 is 37.8. The summed E-state index contributed by atoms with van der Waals surface area (Å²) in [4.78, 5) is 9.63. The standard InChI is InChI=1S/C22H18F3N3S.C3H8/c23-22(24,25)19-7-3-15(4-8-19)2-1-10-27-21-28-14-20(29-21)17-5-6-18-13-26-11-9-16(18)12-17;1-3-2/h3-9,11-14H,1-2,10H2,(H,27,28);3H2,1-2H3. The third-order valence-electron chi connectivity index (χ3n) is 4.63. The second kappa shape index (κ2) is 11.1. The van der Waals surface area contributed by atoms with Gasteiger partial charge in [0.1, 0.15) is 0 Å². The topological polar surface area (TPSA) is 37.8 Å². The number of rotatable bonds is 6. The number of aryl methyl sites for hydroxylation is 1. The van der Waals surface area contributed by atoms with E-state index >= 15 is 0 Å². The molecule has 0 fully saturated rings. The molecule has 0 radical (unpaired) electrons. The second-order valence-corrected chi connectivity index (χ2v) is 8.43.